The van der Waals surface area contributed by atoms with Gasteiger partial charge in [-0.25, -0.2) is 13.8 Å². The van der Waals surface area contributed by atoms with Gasteiger partial charge in [-0.2, -0.15) is 28.4 Å². The first-order valence-corrected chi connectivity index (χ1v) is 13.6. The van der Waals surface area contributed by atoms with Gasteiger partial charge in [0.25, 0.3) is 0 Å². The van der Waals surface area contributed by atoms with E-state index in [-0.39, 0.29) is 61.4 Å². The number of halogens is 6. The van der Waals surface area contributed by atoms with Crippen LogP contribution in [0.15, 0.2) is 12.1 Å². The number of anilines is 2. The summed E-state index contributed by atoms with van der Waals surface area (Å²) in [6, 6.07) is 2.98. The number of benzene rings is 1. The number of nitriles is 1. The van der Waals surface area contributed by atoms with E-state index >= 15 is 4.39 Å². The summed E-state index contributed by atoms with van der Waals surface area (Å²) in [7, 11) is 1.57. The second kappa shape index (κ2) is 10.2. The van der Waals surface area contributed by atoms with E-state index in [0.717, 1.165) is 25.1 Å². The maximum atomic E-state index is 16.4. The fourth-order valence-corrected chi connectivity index (χ4v) is 6.55. The Kier molecular flexibility index (Phi) is 6.93. The van der Waals surface area contributed by atoms with Crippen LogP contribution in [0.1, 0.15) is 31.2 Å². The third-order valence-electron chi connectivity index (χ3n) is 8.18. The third kappa shape index (κ3) is 4.68. The van der Waals surface area contributed by atoms with E-state index in [2.05, 4.69) is 21.0 Å². The molecule has 0 radical (unpaired) electrons. The maximum Gasteiger partial charge on any atom is 0.418 e. The normalized spacial score (nSPS) is 24.2. The molecule has 3 aliphatic heterocycles. The average molecular weight is 610 g/mol. The fourth-order valence-electron chi connectivity index (χ4n) is 6.22. The molecule has 2 N–H and O–H groups in total. The van der Waals surface area contributed by atoms with Crippen molar-refractivity contribution in [2.75, 3.05) is 44.0 Å². The zero-order valence-electron chi connectivity index (χ0n) is 22.3. The van der Waals surface area contributed by atoms with Crippen molar-refractivity contribution in [1.82, 2.24) is 19.9 Å². The molecule has 0 spiro atoms. The summed E-state index contributed by atoms with van der Waals surface area (Å²) in [6.07, 6.45) is -3.97. The van der Waals surface area contributed by atoms with Crippen molar-refractivity contribution in [3.63, 3.8) is 0 Å². The maximum absolute atomic E-state index is 16.4. The topological polar surface area (TPSA) is 113 Å². The highest BCUT2D eigenvalue weighted by Gasteiger charge is 2.49. The van der Waals surface area contributed by atoms with Crippen LogP contribution in [0.3, 0.4) is 0 Å². The number of nitrogen functional groups attached to an aromatic ring is 1. The van der Waals surface area contributed by atoms with E-state index in [0.29, 0.717) is 6.42 Å². The lowest BCUT2D eigenvalue weighted by atomic mass is 9.95. The van der Waals surface area contributed by atoms with Gasteiger partial charge in [0.15, 0.2) is 5.82 Å². The number of hydrogen-bond donors (Lipinski definition) is 1. The van der Waals surface area contributed by atoms with E-state index in [1.165, 1.54) is 4.90 Å². The Morgan fingerprint density at radius 2 is 2.07 bits per heavy atom. The molecule has 1 unspecified atom stereocenters. The van der Waals surface area contributed by atoms with Crippen molar-refractivity contribution in [2.45, 2.75) is 49.6 Å². The Hall–Kier alpha value is -3.70. The first-order valence-electron chi connectivity index (χ1n) is 13.3. The average Bonchev–Trinajstić information content (AvgIpc) is 3.44. The number of aromatic nitrogens is 3. The summed E-state index contributed by atoms with van der Waals surface area (Å²) < 4.78 is 84.7. The standard InChI is InChI=1S/C27H25ClF5N7O2/c1-39-15(10-34)3-6-41-24-18-22(20(30)21(36-24)16-7-14(35)8-17(28)19(16)27(31,32)33)37-25(38-23(18)39)42-12-26-4-2-5-40(26)11-13(29)9-26/h7-8,13,15H,2-6,9,11-12,35H2,1H3/t13-,15?,26+/m1/s1. The molecular formula is C27H25ClF5N7O2. The van der Waals surface area contributed by atoms with Crippen molar-refractivity contribution >= 4 is 34.0 Å². The van der Waals surface area contributed by atoms with Gasteiger partial charge in [-0.05, 0) is 31.5 Å². The van der Waals surface area contributed by atoms with Crippen LogP contribution in [-0.2, 0) is 6.18 Å². The van der Waals surface area contributed by atoms with E-state index in [1.807, 2.05) is 4.90 Å². The molecule has 42 heavy (non-hydrogen) atoms. The van der Waals surface area contributed by atoms with E-state index in [9.17, 15) is 22.8 Å². The molecule has 0 saturated carbocycles. The number of hydrogen-bond acceptors (Lipinski definition) is 9. The number of fused-ring (bicyclic) bond motifs is 1. The van der Waals surface area contributed by atoms with Gasteiger partial charge in [0.2, 0.25) is 5.88 Å². The molecule has 1 aromatic carbocycles. The molecule has 6 rings (SSSR count). The van der Waals surface area contributed by atoms with Crippen LogP contribution in [0.25, 0.3) is 22.2 Å². The lowest BCUT2D eigenvalue weighted by Crippen LogP contribution is -2.43. The van der Waals surface area contributed by atoms with Crippen molar-refractivity contribution in [3.05, 3.63) is 28.5 Å². The molecular weight excluding hydrogens is 585 g/mol. The van der Waals surface area contributed by atoms with Crippen molar-refractivity contribution < 1.29 is 31.4 Å². The Morgan fingerprint density at radius 1 is 1.29 bits per heavy atom. The molecule has 0 bridgehead atoms. The molecule has 3 aromatic rings. The number of pyridine rings is 1. The Bertz CT molecular complexity index is 1620. The highest BCUT2D eigenvalue weighted by molar-refractivity contribution is 6.32. The molecule has 15 heteroatoms. The van der Waals surface area contributed by atoms with Crippen LogP contribution in [0.5, 0.6) is 11.9 Å². The molecule has 5 heterocycles. The molecule has 3 atom stereocenters. The van der Waals surface area contributed by atoms with Gasteiger partial charge < -0.3 is 20.1 Å². The zero-order valence-corrected chi connectivity index (χ0v) is 23.1. The molecule has 2 aromatic heterocycles. The predicted molar refractivity (Wildman–Crippen MR) is 144 cm³/mol. The summed E-state index contributed by atoms with van der Waals surface area (Å²) >= 11 is 5.94. The van der Waals surface area contributed by atoms with Crippen LogP contribution >= 0.6 is 11.6 Å². The highest BCUT2D eigenvalue weighted by Crippen LogP contribution is 2.46. The number of rotatable bonds is 4. The minimum Gasteiger partial charge on any atom is -0.477 e. The molecule has 0 amide bonds. The van der Waals surface area contributed by atoms with Gasteiger partial charge in [0.1, 0.15) is 41.2 Å². The summed E-state index contributed by atoms with van der Waals surface area (Å²) in [5.41, 5.74) is 1.92. The number of ether oxygens (including phenoxy) is 2. The van der Waals surface area contributed by atoms with Crippen LogP contribution in [0, 0.1) is 17.1 Å². The second-order valence-electron chi connectivity index (χ2n) is 10.8. The predicted octanol–water partition coefficient (Wildman–Crippen LogP) is 5.15. The second-order valence-corrected chi connectivity index (χ2v) is 11.2. The van der Waals surface area contributed by atoms with E-state index in [4.69, 9.17) is 26.8 Å². The van der Waals surface area contributed by atoms with Crippen LogP contribution in [-0.4, -0.2) is 71.0 Å². The van der Waals surface area contributed by atoms with Crippen LogP contribution < -0.4 is 20.1 Å². The minimum absolute atomic E-state index is 0.0235. The minimum atomic E-state index is -4.97. The molecule has 9 nitrogen and oxygen atoms in total. The third-order valence-corrected chi connectivity index (χ3v) is 8.47. The number of nitrogens with zero attached hydrogens (tertiary/aromatic N) is 6. The first-order chi connectivity index (χ1) is 19.9. The number of nitrogens with two attached hydrogens (primary N) is 1. The van der Waals surface area contributed by atoms with Gasteiger partial charge in [0.05, 0.1) is 28.8 Å². The van der Waals surface area contributed by atoms with Gasteiger partial charge in [0, 0.05) is 37.7 Å². The largest absolute Gasteiger partial charge is 0.477 e. The molecule has 0 aliphatic carbocycles. The van der Waals surface area contributed by atoms with Crippen molar-refractivity contribution in [2.24, 2.45) is 0 Å². The fraction of sp³-hybridized carbons (Fsp3) is 0.481. The van der Waals surface area contributed by atoms with Gasteiger partial charge >= 0.3 is 12.2 Å². The number of alkyl halides is 4. The Morgan fingerprint density at radius 3 is 2.81 bits per heavy atom. The quantitative estimate of drug-likeness (QED) is 0.317. The lowest BCUT2D eigenvalue weighted by molar-refractivity contribution is -0.137. The summed E-state index contributed by atoms with van der Waals surface area (Å²) in [4.78, 5) is 16.4. The molecule has 2 saturated heterocycles. The SMILES string of the molecule is CN1c2nc(OC[C@@]34CCCN3C[C@H](F)C4)nc3c(F)c(-c4cc(N)cc(Cl)c4C(F)(F)F)nc(c23)OCCC1C#N. The molecule has 222 valence electrons. The summed E-state index contributed by atoms with van der Waals surface area (Å²) in [5.74, 6) is -1.40. The van der Waals surface area contributed by atoms with Gasteiger partial charge in [-0.15, -0.1) is 0 Å². The van der Waals surface area contributed by atoms with Crippen molar-refractivity contribution in [3.8, 4) is 29.2 Å². The zero-order chi connectivity index (χ0) is 30.0. The smallest absolute Gasteiger partial charge is 0.418 e. The Balaban J connectivity index is 1.55. The first kappa shape index (κ1) is 28.4. The molecule has 3 aliphatic rings. The van der Waals surface area contributed by atoms with E-state index in [1.54, 1.807) is 7.05 Å². The summed E-state index contributed by atoms with van der Waals surface area (Å²) in [5, 5.41) is 8.98. The Labute approximate surface area is 242 Å². The van der Waals surface area contributed by atoms with Crippen molar-refractivity contribution in [1.29, 1.82) is 5.26 Å². The monoisotopic (exact) mass is 609 g/mol. The van der Waals surface area contributed by atoms with Crippen LogP contribution in [0.4, 0.5) is 33.5 Å². The van der Waals surface area contributed by atoms with Crippen LogP contribution in [0.2, 0.25) is 5.02 Å². The summed E-state index contributed by atoms with van der Waals surface area (Å²) in [6.45, 7) is 0.985. The van der Waals surface area contributed by atoms with Gasteiger partial charge in [-0.3, -0.25) is 4.90 Å². The van der Waals surface area contributed by atoms with E-state index < -0.39 is 57.1 Å². The highest BCUT2D eigenvalue weighted by atomic mass is 35.5. The lowest BCUT2D eigenvalue weighted by Gasteiger charge is -2.31. The van der Waals surface area contributed by atoms with Gasteiger partial charge in [-0.1, -0.05) is 11.6 Å². The molecule has 2 fully saturated rings.